The van der Waals surface area contributed by atoms with Crippen LogP contribution < -0.4 is 16.0 Å². The average molecular weight is 387 g/mol. The van der Waals surface area contributed by atoms with Crippen molar-refractivity contribution in [2.24, 2.45) is 10.9 Å². The van der Waals surface area contributed by atoms with Crippen LogP contribution in [0.5, 0.6) is 0 Å². The lowest BCUT2D eigenvalue weighted by molar-refractivity contribution is -0.116. The summed E-state index contributed by atoms with van der Waals surface area (Å²) in [6, 6.07) is 12.1. The van der Waals surface area contributed by atoms with Crippen LogP contribution in [-0.2, 0) is 17.8 Å². The van der Waals surface area contributed by atoms with E-state index in [0.29, 0.717) is 18.9 Å². The van der Waals surface area contributed by atoms with Gasteiger partial charge in [-0.15, -0.1) is 11.3 Å². The quantitative estimate of drug-likeness (QED) is 0.450. The van der Waals surface area contributed by atoms with Crippen molar-refractivity contribution in [1.29, 1.82) is 0 Å². The van der Waals surface area contributed by atoms with E-state index in [0.717, 1.165) is 36.7 Å². The zero-order valence-corrected chi connectivity index (χ0v) is 17.2. The number of hydrogen-bond acceptors (Lipinski definition) is 3. The Hall–Kier alpha value is -2.34. The minimum absolute atomic E-state index is 0.0502. The van der Waals surface area contributed by atoms with Crippen molar-refractivity contribution in [1.82, 2.24) is 10.6 Å². The fourth-order valence-corrected chi connectivity index (χ4v) is 3.31. The van der Waals surface area contributed by atoms with Gasteiger partial charge in [0, 0.05) is 30.1 Å². The molecule has 0 aliphatic heterocycles. The summed E-state index contributed by atoms with van der Waals surface area (Å²) in [5.41, 5.74) is 1.89. The lowest BCUT2D eigenvalue weighted by atomic mass is 10.1. The first kappa shape index (κ1) is 21.0. The second kappa shape index (κ2) is 11.4. The largest absolute Gasteiger partial charge is 0.357 e. The molecule has 1 aromatic carbocycles. The summed E-state index contributed by atoms with van der Waals surface area (Å²) in [6.45, 7) is 8.36. The van der Waals surface area contributed by atoms with Gasteiger partial charge in [0.2, 0.25) is 5.91 Å². The van der Waals surface area contributed by atoms with Gasteiger partial charge in [-0.1, -0.05) is 32.0 Å². The molecule has 3 N–H and O–H groups in total. The molecular weight excluding hydrogens is 356 g/mol. The summed E-state index contributed by atoms with van der Waals surface area (Å²) in [6.07, 6.45) is 1.51. The average Bonchev–Trinajstić information content (AvgIpc) is 3.12. The van der Waals surface area contributed by atoms with Gasteiger partial charge >= 0.3 is 0 Å². The van der Waals surface area contributed by atoms with Gasteiger partial charge < -0.3 is 16.0 Å². The van der Waals surface area contributed by atoms with Crippen LogP contribution in [0.3, 0.4) is 0 Å². The molecule has 5 nitrogen and oxygen atoms in total. The minimum atomic E-state index is 0.0502. The van der Waals surface area contributed by atoms with Crippen molar-refractivity contribution in [3.8, 4) is 0 Å². The molecule has 0 spiro atoms. The second-order valence-corrected chi connectivity index (χ2v) is 7.83. The minimum Gasteiger partial charge on any atom is -0.357 e. The number of rotatable bonds is 9. The maximum Gasteiger partial charge on any atom is 0.224 e. The summed E-state index contributed by atoms with van der Waals surface area (Å²) < 4.78 is 0. The molecule has 0 bridgehead atoms. The van der Waals surface area contributed by atoms with E-state index >= 15 is 0 Å². The molecule has 0 aliphatic rings. The van der Waals surface area contributed by atoms with E-state index in [4.69, 9.17) is 0 Å². The third kappa shape index (κ3) is 8.26. The fraction of sp³-hybridized carbons (Fsp3) is 0.429. The lowest BCUT2D eigenvalue weighted by Crippen LogP contribution is -2.38. The van der Waals surface area contributed by atoms with Crippen LogP contribution in [0.4, 0.5) is 5.69 Å². The number of benzene rings is 1. The van der Waals surface area contributed by atoms with E-state index in [9.17, 15) is 4.79 Å². The van der Waals surface area contributed by atoms with Crippen LogP contribution in [0.1, 0.15) is 37.6 Å². The molecule has 1 aromatic heterocycles. The van der Waals surface area contributed by atoms with Crippen LogP contribution in [0, 0.1) is 5.92 Å². The summed E-state index contributed by atoms with van der Waals surface area (Å²) in [5.74, 6) is 1.21. The maximum atomic E-state index is 11.9. The number of carbonyl (C=O) groups excluding carboxylic acids is 1. The highest BCUT2D eigenvalue weighted by molar-refractivity contribution is 7.09. The van der Waals surface area contributed by atoms with Crippen LogP contribution in [0.15, 0.2) is 46.8 Å². The van der Waals surface area contributed by atoms with E-state index in [-0.39, 0.29) is 5.91 Å². The van der Waals surface area contributed by atoms with E-state index in [1.165, 1.54) is 4.88 Å². The predicted molar refractivity (Wildman–Crippen MR) is 115 cm³/mol. The van der Waals surface area contributed by atoms with Crippen molar-refractivity contribution in [2.45, 2.75) is 40.2 Å². The smallest absolute Gasteiger partial charge is 0.224 e. The third-order valence-corrected chi connectivity index (χ3v) is 4.75. The van der Waals surface area contributed by atoms with Gasteiger partial charge in [-0.2, -0.15) is 0 Å². The number of guanidine groups is 1. The van der Waals surface area contributed by atoms with E-state index < -0.39 is 0 Å². The number of anilines is 1. The Labute approximate surface area is 166 Å². The Morgan fingerprint density at radius 3 is 2.74 bits per heavy atom. The molecular formula is C21H30N4OS. The van der Waals surface area contributed by atoms with E-state index in [1.54, 1.807) is 11.3 Å². The van der Waals surface area contributed by atoms with Gasteiger partial charge in [-0.25, -0.2) is 4.99 Å². The van der Waals surface area contributed by atoms with Gasteiger partial charge in [0.05, 0.1) is 6.54 Å². The topological polar surface area (TPSA) is 65.5 Å². The fourth-order valence-electron chi connectivity index (χ4n) is 2.60. The molecule has 0 aliphatic carbocycles. The van der Waals surface area contributed by atoms with Gasteiger partial charge in [0.25, 0.3) is 0 Å². The highest BCUT2D eigenvalue weighted by Crippen LogP contribution is 2.13. The number of hydrogen-bond donors (Lipinski definition) is 3. The first-order chi connectivity index (χ1) is 13.1. The highest BCUT2D eigenvalue weighted by Gasteiger charge is 2.06. The van der Waals surface area contributed by atoms with Crippen molar-refractivity contribution < 1.29 is 4.79 Å². The number of nitrogens with zero attached hydrogens (tertiary/aromatic N) is 1. The standard InChI is InChI=1S/C21H30N4OS/c1-4-22-21(23-11-10-19-9-6-12-27-19)24-15-17-7-5-8-18(14-17)25-20(26)13-16(2)3/h5-9,12,14,16H,4,10-11,13,15H2,1-3H3,(H,25,26)(H2,22,23,24). The van der Waals surface area contributed by atoms with Crippen LogP contribution in [0.25, 0.3) is 0 Å². The maximum absolute atomic E-state index is 11.9. The summed E-state index contributed by atoms with van der Waals surface area (Å²) in [4.78, 5) is 18.0. The Morgan fingerprint density at radius 2 is 2.04 bits per heavy atom. The Morgan fingerprint density at radius 1 is 1.19 bits per heavy atom. The number of carbonyl (C=O) groups is 1. The van der Waals surface area contributed by atoms with Crippen LogP contribution in [-0.4, -0.2) is 25.0 Å². The molecule has 0 unspecified atom stereocenters. The Balaban J connectivity index is 1.90. The zero-order valence-electron chi connectivity index (χ0n) is 16.4. The van der Waals surface area contributed by atoms with E-state index in [2.05, 4.69) is 45.4 Å². The zero-order chi connectivity index (χ0) is 19.5. The summed E-state index contributed by atoms with van der Waals surface area (Å²) in [5, 5.41) is 11.7. The molecule has 2 aromatic rings. The summed E-state index contributed by atoms with van der Waals surface area (Å²) in [7, 11) is 0. The number of nitrogens with one attached hydrogen (secondary N) is 3. The molecule has 6 heteroatoms. The van der Waals surface area contributed by atoms with Gasteiger partial charge in [0.1, 0.15) is 0 Å². The second-order valence-electron chi connectivity index (χ2n) is 6.80. The molecule has 27 heavy (non-hydrogen) atoms. The Kier molecular flexibility index (Phi) is 8.84. The molecule has 0 saturated carbocycles. The van der Waals surface area contributed by atoms with E-state index in [1.807, 2.05) is 38.1 Å². The van der Waals surface area contributed by atoms with Crippen molar-refractivity contribution >= 4 is 28.9 Å². The molecule has 0 atom stereocenters. The van der Waals surface area contributed by atoms with Gasteiger partial charge in [-0.3, -0.25) is 4.79 Å². The van der Waals surface area contributed by atoms with Gasteiger partial charge in [-0.05, 0) is 48.4 Å². The molecule has 146 valence electrons. The van der Waals surface area contributed by atoms with Crippen molar-refractivity contribution in [3.63, 3.8) is 0 Å². The number of thiophene rings is 1. The molecule has 1 amide bonds. The van der Waals surface area contributed by atoms with Crippen LogP contribution in [0.2, 0.25) is 0 Å². The monoisotopic (exact) mass is 386 g/mol. The lowest BCUT2D eigenvalue weighted by Gasteiger charge is -2.11. The molecule has 0 saturated heterocycles. The van der Waals surface area contributed by atoms with Crippen LogP contribution >= 0.6 is 11.3 Å². The van der Waals surface area contributed by atoms with Gasteiger partial charge in [0.15, 0.2) is 5.96 Å². The first-order valence-electron chi connectivity index (χ1n) is 9.50. The summed E-state index contributed by atoms with van der Waals surface area (Å²) >= 11 is 1.77. The third-order valence-electron chi connectivity index (χ3n) is 3.81. The normalized spacial score (nSPS) is 11.5. The predicted octanol–water partition coefficient (Wildman–Crippen LogP) is 4.03. The molecule has 0 fully saturated rings. The number of amides is 1. The Bertz CT molecular complexity index is 726. The molecule has 1 heterocycles. The van der Waals surface area contributed by atoms with Crippen molar-refractivity contribution in [2.75, 3.05) is 18.4 Å². The molecule has 2 rings (SSSR count). The molecule has 0 radical (unpaired) electrons. The van der Waals surface area contributed by atoms with Crippen molar-refractivity contribution in [3.05, 3.63) is 52.2 Å². The first-order valence-corrected chi connectivity index (χ1v) is 10.4. The highest BCUT2D eigenvalue weighted by atomic mass is 32.1. The SMILES string of the molecule is CCNC(=NCc1cccc(NC(=O)CC(C)C)c1)NCCc1cccs1. The number of aliphatic imine (C=N–C) groups is 1.